The van der Waals surface area contributed by atoms with E-state index in [1.165, 1.54) is 5.56 Å². The van der Waals surface area contributed by atoms with Crippen molar-refractivity contribution in [2.45, 2.75) is 45.6 Å². The summed E-state index contributed by atoms with van der Waals surface area (Å²) in [5, 5.41) is 5.17. The smallest absolute Gasteiger partial charge is 0.141 e. The molecule has 1 unspecified atom stereocenters. The zero-order valence-corrected chi connectivity index (χ0v) is 21.1. The maximum atomic E-state index is 5.90. The molecule has 184 valence electrons. The van der Waals surface area contributed by atoms with Crippen molar-refractivity contribution in [1.82, 2.24) is 19.7 Å². The number of aryl methyl sites for hydroxylation is 2. The Hall–Kier alpha value is -3.71. The molecule has 1 saturated heterocycles. The third-order valence-electron chi connectivity index (χ3n) is 7.42. The van der Waals surface area contributed by atoms with Gasteiger partial charge in [-0.15, -0.1) is 0 Å². The van der Waals surface area contributed by atoms with E-state index in [1.807, 2.05) is 20.0 Å². The Morgan fingerprint density at radius 1 is 1.06 bits per heavy atom. The van der Waals surface area contributed by atoms with Gasteiger partial charge in [-0.05, 0) is 51.3 Å². The second-order valence-electron chi connectivity index (χ2n) is 9.57. The van der Waals surface area contributed by atoms with Crippen LogP contribution in [-0.4, -0.2) is 40.0 Å². The molecule has 1 aliphatic heterocycles. The monoisotopic (exact) mass is 482 g/mol. The lowest BCUT2D eigenvalue weighted by Gasteiger charge is -2.26. The van der Waals surface area contributed by atoms with Crippen LogP contribution in [0.25, 0.3) is 33.1 Å². The number of imidazole rings is 1. The van der Waals surface area contributed by atoms with Gasteiger partial charge in [0.15, 0.2) is 0 Å². The van der Waals surface area contributed by atoms with Crippen LogP contribution >= 0.6 is 0 Å². The van der Waals surface area contributed by atoms with E-state index in [1.54, 1.807) is 7.11 Å². The van der Waals surface area contributed by atoms with Gasteiger partial charge in [0.25, 0.3) is 0 Å². The summed E-state index contributed by atoms with van der Waals surface area (Å²) in [5.41, 5.74) is 6.83. The highest BCUT2D eigenvalue weighted by Gasteiger charge is 2.27. The number of nitrogens with zero attached hydrogens (tertiary/aromatic N) is 4. The van der Waals surface area contributed by atoms with E-state index in [0.29, 0.717) is 5.92 Å². The predicted octanol–water partition coefficient (Wildman–Crippen LogP) is 6.37. The summed E-state index contributed by atoms with van der Waals surface area (Å²) in [6.07, 6.45) is 3.84. The number of methoxy groups -OCH3 is 1. The summed E-state index contributed by atoms with van der Waals surface area (Å²) < 4.78 is 19.4. The fourth-order valence-electron chi connectivity index (χ4n) is 5.57. The van der Waals surface area contributed by atoms with Gasteiger partial charge in [0, 0.05) is 30.1 Å². The molecule has 3 aromatic heterocycles. The van der Waals surface area contributed by atoms with E-state index in [0.717, 1.165) is 82.1 Å². The van der Waals surface area contributed by atoms with Crippen LogP contribution in [0.4, 0.5) is 0 Å². The molecule has 1 aliphatic rings. The Morgan fingerprint density at radius 3 is 2.53 bits per heavy atom. The molecule has 0 amide bonds. The molecule has 2 aromatic carbocycles. The third-order valence-corrected chi connectivity index (χ3v) is 7.42. The first-order valence-electron chi connectivity index (χ1n) is 12.5. The van der Waals surface area contributed by atoms with E-state index in [2.05, 4.69) is 59.1 Å². The summed E-state index contributed by atoms with van der Waals surface area (Å²) in [4.78, 5) is 10.0. The van der Waals surface area contributed by atoms with Crippen LogP contribution in [0.2, 0.25) is 0 Å². The lowest BCUT2D eigenvalue weighted by Crippen LogP contribution is -2.20. The maximum Gasteiger partial charge on any atom is 0.141 e. The van der Waals surface area contributed by atoms with Gasteiger partial charge >= 0.3 is 0 Å². The maximum absolute atomic E-state index is 5.90. The van der Waals surface area contributed by atoms with Crippen LogP contribution in [0, 0.1) is 13.8 Å². The van der Waals surface area contributed by atoms with E-state index in [9.17, 15) is 0 Å². The molecule has 0 aliphatic carbocycles. The molecule has 0 N–H and O–H groups in total. The van der Waals surface area contributed by atoms with Gasteiger partial charge in [0.1, 0.15) is 22.9 Å². The Labute approximate surface area is 210 Å². The first-order valence-corrected chi connectivity index (χ1v) is 12.5. The van der Waals surface area contributed by atoms with E-state index < -0.39 is 0 Å². The first kappa shape index (κ1) is 22.7. The lowest BCUT2D eigenvalue weighted by molar-refractivity contribution is 0.0828. The van der Waals surface area contributed by atoms with Gasteiger partial charge in [-0.1, -0.05) is 35.5 Å². The predicted molar refractivity (Wildman–Crippen MR) is 140 cm³/mol. The highest BCUT2D eigenvalue weighted by atomic mass is 16.5. The average Bonchev–Trinajstić information content (AvgIpc) is 3.48. The number of hydrogen-bond acceptors (Lipinski definition) is 6. The van der Waals surface area contributed by atoms with Crippen molar-refractivity contribution in [3.63, 3.8) is 0 Å². The molecule has 1 atom stereocenters. The number of hydrogen-bond donors (Lipinski definition) is 0. The van der Waals surface area contributed by atoms with Crippen LogP contribution in [-0.2, 0) is 4.74 Å². The molecule has 0 radical (unpaired) electrons. The standard InChI is InChI=1S/C29H30N4O3/c1-17-27(19(3)36-32-17)23-14-24-22(15-26(23)34-4)28-25(16-30-24)31-29(21-10-12-35-13-11-21)33(28)18(2)20-8-6-5-7-9-20/h5-9,14-16,18,21H,10-13H2,1-4H3. The molecule has 0 bridgehead atoms. The van der Waals surface area contributed by atoms with Crippen LogP contribution in [0.5, 0.6) is 5.75 Å². The number of fused-ring (bicyclic) bond motifs is 3. The van der Waals surface area contributed by atoms with E-state index in [4.69, 9.17) is 24.0 Å². The number of rotatable bonds is 5. The van der Waals surface area contributed by atoms with Crippen molar-refractivity contribution in [1.29, 1.82) is 0 Å². The van der Waals surface area contributed by atoms with Crippen molar-refractivity contribution in [2.75, 3.05) is 20.3 Å². The Kier molecular flexibility index (Phi) is 5.72. The molecule has 5 aromatic rings. The molecule has 0 spiro atoms. The van der Waals surface area contributed by atoms with Crippen molar-refractivity contribution >= 4 is 21.9 Å². The summed E-state index contributed by atoms with van der Waals surface area (Å²) in [6.45, 7) is 7.65. The zero-order valence-electron chi connectivity index (χ0n) is 21.1. The molecule has 7 nitrogen and oxygen atoms in total. The molecule has 4 heterocycles. The van der Waals surface area contributed by atoms with Gasteiger partial charge < -0.3 is 18.6 Å². The first-order chi connectivity index (χ1) is 17.6. The fourth-order valence-corrected chi connectivity index (χ4v) is 5.57. The second kappa shape index (κ2) is 9.06. The van der Waals surface area contributed by atoms with Crippen molar-refractivity contribution in [3.8, 4) is 16.9 Å². The molecule has 36 heavy (non-hydrogen) atoms. The average molecular weight is 483 g/mol. The summed E-state index contributed by atoms with van der Waals surface area (Å²) in [6, 6.07) is 14.9. The van der Waals surface area contributed by atoms with Gasteiger partial charge in [0.2, 0.25) is 0 Å². The number of benzene rings is 2. The van der Waals surface area contributed by atoms with Gasteiger partial charge in [-0.25, -0.2) is 4.98 Å². The van der Waals surface area contributed by atoms with Gasteiger partial charge in [0.05, 0.1) is 41.6 Å². The molecule has 7 heteroatoms. The number of ether oxygens (including phenoxy) is 2. The molecular formula is C29H30N4O3. The quantitative estimate of drug-likeness (QED) is 0.290. The zero-order chi connectivity index (χ0) is 24.8. The number of aromatic nitrogens is 4. The Balaban J connectivity index is 1.64. The fraction of sp³-hybridized carbons (Fsp3) is 0.345. The molecular weight excluding hydrogens is 452 g/mol. The minimum atomic E-state index is 0.105. The minimum absolute atomic E-state index is 0.105. The Bertz CT molecular complexity index is 1530. The lowest BCUT2D eigenvalue weighted by atomic mass is 9.98. The normalized spacial score (nSPS) is 15.6. The van der Waals surface area contributed by atoms with Crippen LogP contribution in [0.3, 0.4) is 0 Å². The summed E-state index contributed by atoms with van der Waals surface area (Å²) >= 11 is 0. The van der Waals surface area contributed by atoms with Gasteiger partial charge in [-0.2, -0.15) is 0 Å². The molecule has 0 saturated carbocycles. The van der Waals surface area contributed by atoms with Crippen LogP contribution in [0.1, 0.15) is 54.6 Å². The highest BCUT2D eigenvalue weighted by molar-refractivity contribution is 6.05. The van der Waals surface area contributed by atoms with Gasteiger partial charge in [-0.3, -0.25) is 4.98 Å². The van der Waals surface area contributed by atoms with Crippen molar-refractivity contribution in [3.05, 3.63) is 71.5 Å². The Morgan fingerprint density at radius 2 is 1.83 bits per heavy atom. The largest absolute Gasteiger partial charge is 0.496 e. The minimum Gasteiger partial charge on any atom is -0.496 e. The molecule has 1 fully saturated rings. The topological polar surface area (TPSA) is 75.2 Å². The summed E-state index contributed by atoms with van der Waals surface area (Å²) in [5.74, 6) is 2.97. The van der Waals surface area contributed by atoms with Crippen LogP contribution in [0.15, 0.2) is 53.2 Å². The van der Waals surface area contributed by atoms with E-state index in [-0.39, 0.29) is 6.04 Å². The third kappa shape index (κ3) is 3.66. The van der Waals surface area contributed by atoms with E-state index >= 15 is 0 Å². The van der Waals surface area contributed by atoms with Crippen LogP contribution < -0.4 is 4.74 Å². The molecule has 6 rings (SSSR count). The summed E-state index contributed by atoms with van der Waals surface area (Å²) in [7, 11) is 1.70. The van der Waals surface area contributed by atoms with Crippen molar-refractivity contribution < 1.29 is 14.0 Å². The van der Waals surface area contributed by atoms with Crippen molar-refractivity contribution in [2.24, 2.45) is 0 Å². The number of pyridine rings is 1. The highest BCUT2D eigenvalue weighted by Crippen LogP contribution is 2.41. The SMILES string of the molecule is COc1cc2c(cc1-c1c(C)noc1C)ncc1nc(C3CCOCC3)n(C(C)c3ccccc3)c12. The second-order valence-corrected chi connectivity index (χ2v) is 9.57.